The molecule has 2 aliphatic rings. The van der Waals surface area contributed by atoms with E-state index in [2.05, 4.69) is 117 Å². The van der Waals surface area contributed by atoms with Crippen LogP contribution >= 0.6 is 0 Å². The number of fused-ring (bicyclic) bond motifs is 2. The van der Waals surface area contributed by atoms with E-state index in [9.17, 15) is 0 Å². The first-order chi connectivity index (χ1) is 16.2. The Bertz CT molecular complexity index is 1410. The lowest BCUT2D eigenvalue weighted by Crippen LogP contribution is -2.12. The zero-order chi connectivity index (χ0) is 22.4. The molecule has 0 bridgehead atoms. The Morgan fingerprint density at radius 1 is 0.667 bits per heavy atom. The molecule has 0 spiro atoms. The third kappa shape index (κ3) is 3.44. The second-order valence-corrected chi connectivity index (χ2v) is 10.5. The van der Waals surface area contributed by atoms with Gasteiger partial charge in [-0.3, -0.25) is 0 Å². The summed E-state index contributed by atoms with van der Waals surface area (Å²) in [6.07, 6.45) is 3.48. The van der Waals surface area contributed by atoms with Gasteiger partial charge in [-0.05, 0) is 64.8 Å². The lowest BCUT2D eigenvalue weighted by Gasteiger charge is -2.21. The molecule has 0 amide bonds. The molecule has 0 heterocycles. The molecule has 1 unspecified atom stereocenters. The zero-order valence-electron chi connectivity index (χ0n) is 19.1. The largest absolute Gasteiger partial charge is 0.0952 e. The fraction of sp³-hybridized carbons (Fsp3) is 0.125. The Kier molecular flexibility index (Phi) is 5.00. The first kappa shape index (κ1) is 20.2. The van der Waals surface area contributed by atoms with Crippen LogP contribution in [0.2, 0.25) is 0 Å². The smallest absolute Gasteiger partial charge is 0.0695 e. The molecule has 4 aromatic carbocycles. The maximum absolute atomic E-state index is 2.41. The summed E-state index contributed by atoms with van der Waals surface area (Å²) in [4.78, 5) is 0. The van der Waals surface area contributed by atoms with E-state index in [1.165, 1.54) is 55.7 Å². The zero-order valence-corrected chi connectivity index (χ0v) is 20.1. The lowest BCUT2D eigenvalue weighted by atomic mass is 9.96. The van der Waals surface area contributed by atoms with E-state index in [4.69, 9.17) is 0 Å². The van der Waals surface area contributed by atoms with Crippen LogP contribution < -0.4 is 0 Å². The van der Waals surface area contributed by atoms with E-state index < -0.39 is 0 Å². The molecule has 0 saturated heterocycles. The van der Waals surface area contributed by atoms with Crippen LogP contribution in [0.25, 0.3) is 33.5 Å². The van der Waals surface area contributed by atoms with Gasteiger partial charge in [-0.25, -0.2) is 0 Å². The lowest BCUT2D eigenvalue weighted by molar-refractivity contribution is 1.13. The molecule has 0 aromatic heterocycles. The summed E-state index contributed by atoms with van der Waals surface area (Å²) >= 11 is 0. The number of allylic oxidation sites excluding steroid dienone is 2. The van der Waals surface area contributed by atoms with Crippen LogP contribution in [0.1, 0.15) is 41.6 Å². The molecule has 0 N–H and O–H groups in total. The number of hydrogen-bond donors (Lipinski definition) is 0. The number of benzene rings is 4. The molecular formula is C32H26Si. The van der Waals surface area contributed by atoms with E-state index in [-0.39, 0.29) is 0 Å². The third-order valence-electron chi connectivity index (χ3n) is 7.01. The Balaban J connectivity index is 1.46. The Morgan fingerprint density at radius 2 is 1.30 bits per heavy atom. The summed E-state index contributed by atoms with van der Waals surface area (Å²) in [6, 6.07) is 35.4. The molecule has 2 aliphatic carbocycles. The fourth-order valence-corrected chi connectivity index (χ4v) is 7.31. The van der Waals surface area contributed by atoms with Gasteiger partial charge in [0.2, 0.25) is 0 Å². The van der Waals surface area contributed by atoms with Gasteiger partial charge >= 0.3 is 0 Å². The highest BCUT2D eigenvalue weighted by atomic mass is 28.2. The van der Waals surface area contributed by atoms with Gasteiger partial charge in [0.15, 0.2) is 0 Å². The summed E-state index contributed by atoms with van der Waals surface area (Å²) in [6.45, 7) is 4.66. The molecule has 158 valence electrons. The van der Waals surface area contributed by atoms with Gasteiger partial charge in [0, 0.05) is 5.54 Å². The standard InChI is InChI=1S/C32H26Si/c1-21-19-25-15-9-17-27(23-11-5-3-6-12-23)29(25)31(21)33-32-22(2)20-26-16-10-18-28(30(26)32)24-13-7-4-8-14-24/h3-19,31H,20H2,1-2H3. The summed E-state index contributed by atoms with van der Waals surface area (Å²) in [7, 11) is 0.728. The van der Waals surface area contributed by atoms with Crippen molar-refractivity contribution < 1.29 is 0 Å². The van der Waals surface area contributed by atoms with Crippen molar-refractivity contribution in [2.45, 2.75) is 25.8 Å². The van der Waals surface area contributed by atoms with Gasteiger partial charge in [0.1, 0.15) is 0 Å². The van der Waals surface area contributed by atoms with Gasteiger partial charge < -0.3 is 0 Å². The Morgan fingerprint density at radius 3 is 2.03 bits per heavy atom. The van der Waals surface area contributed by atoms with Gasteiger partial charge in [-0.2, -0.15) is 0 Å². The molecule has 2 radical (unpaired) electrons. The van der Waals surface area contributed by atoms with Crippen LogP contribution in [0.3, 0.4) is 0 Å². The molecule has 0 saturated carbocycles. The quantitative estimate of drug-likeness (QED) is 0.282. The molecular weight excluding hydrogens is 412 g/mol. The number of rotatable bonds is 4. The molecule has 0 fully saturated rings. The van der Waals surface area contributed by atoms with Crippen molar-refractivity contribution in [2.75, 3.05) is 0 Å². The van der Waals surface area contributed by atoms with Gasteiger partial charge in [0.25, 0.3) is 0 Å². The molecule has 6 rings (SSSR count). The first-order valence-electron chi connectivity index (χ1n) is 11.7. The summed E-state index contributed by atoms with van der Waals surface area (Å²) in [5.74, 6) is 0. The maximum atomic E-state index is 2.41. The predicted molar refractivity (Wildman–Crippen MR) is 142 cm³/mol. The molecule has 4 aromatic rings. The molecule has 1 atom stereocenters. The minimum absolute atomic E-state index is 0.441. The van der Waals surface area contributed by atoms with Crippen LogP contribution in [-0.4, -0.2) is 9.52 Å². The van der Waals surface area contributed by atoms with Gasteiger partial charge in [-0.1, -0.05) is 119 Å². The van der Waals surface area contributed by atoms with E-state index in [1.54, 1.807) is 5.20 Å². The molecule has 0 aliphatic heterocycles. The van der Waals surface area contributed by atoms with Crippen LogP contribution in [0.5, 0.6) is 0 Å². The summed E-state index contributed by atoms with van der Waals surface area (Å²) in [5.41, 5.74) is 14.7. The van der Waals surface area contributed by atoms with Crippen molar-refractivity contribution in [3.8, 4) is 22.3 Å². The van der Waals surface area contributed by atoms with Gasteiger partial charge in [0.05, 0.1) is 9.52 Å². The van der Waals surface area contributed by atoms with Crippen molar-refractivity contribution in [1.29, 1.82) is 0 Å². The Hall–Kier alpha value is -3.42. The van der Waals surface area contributed by atoms with E-state index in [1.807, 2.05) is 0 Å². The van der Waals surface area contributed by atoms with Crippen LogP contribution in [0.15, 0.2) is 108 Å². The van der Waals surface area contributed by atoms with Crippen molar-refractivity contribution in [2.24, 2.45) is 0 Å². The molecule has 0 nitrogen and oxygen atoms in total. The average molecular weight is 439 g/mol. The average Bonchev–Trinajstić information content (AvgIpc) is 3.35. The van der Waals surface area contributed by atoms with Crippen LogP contribution in [0.4, 0.5) is 0 Å². The monoisotopic (exact) mass is 438 g/mol. The van der Waals surface area contributed by atoms with Crippen molar-refractivity contribution in [3.05, 3.63) is 130 Å². The first-order valence-corrected chi connectivity index (χ1v) is 12.8. The van der Waals surface area contributed by atoms with Crippen molar-refractivity contribution in [3.63, 3.8) is 0 Å². The number of hydrogen-bond acceptors (Lipinski definition) is 0. The SMILES string of the molecule is CC1=Cc2cccc(-c3ccccc3)c2C1[Si]C1=C(C)Cc2cccc(-c3ccccc3)c21. The van der Waals surface area contributed by atoms with E-state index in [0.717, 1.165) is 15.9 Å². The van der Waals surface area contributed by atoms with E-state index in [0.29, 0.717) is 5.54 Å². The minimum atomic E-state index is 0.441. The molecule has 33 heavy (non-hydrogen) atoms. The van der Waals surface area contributed by atoms with Crippen molar-refractivity contribution in [1.82, 2.24) is 0 Å². The highest BCUT2D eigenvalue weighted by Crippen LogP contribution is 2.46. The second-order valence-electron chi connectivity index (χ2n) is 9.18. The fourth-order valence-electron chi connectivity index (χ4n) is 5.47. The Labute approximate surface area is 199 Å². The minimum Gasteiger partial charge on any atom is -0.0695 e. The van der Waals surface area contributed by atoms with Crippen LogP contribution in [0, 0.1) is 0 Å². The topological polar surface area (TPSA) is 0 Å². The van der Waals surface area contributed by atoms with Crippen LogP contribution in [-0.2, 0) is 6.42 Å². The second kappa shape index (κ2) is 8.17. The summed E-state index contributed by atoms with van der Waals surface area (Å²) < 4.78 is 0. The maximum Gasteiger partial charge on any atom is 0.0952 e. The van der Waals surface area contributed by atoms with Crippen molar-refractivity contribution >= 4 is 20.8 Å². The highest BCUT2D eigenvalue weighted by molar-refractivity contribution is 6.64. The summed E-state index contributed by atoms with van der Waals surface area (Å²) in [5, 5.41) is 1.57. The predicted octanol–water partition coefficient (Wildman–Crippen LogP) is 8.17. The molecule has 1 heteroatoms. The third-order valence-corrected chi connectivity index (χ3v) is 9.01. The normalized spacial score (nSPS) is 16.5. The van der Waals surface area contributed by atoms with E-state index >= 15 is 0 Å². The highest BCUT2D eigenvalue weighted by Gasteiger charge is 2.31. The van der Waals surface area contributed by atoms with Gasteiger partial charge in [-0.15, -0.1) is 0 Å².